The van der Waals surface area contributed by atoms with Gasteiger partial charge in [0.05, 0.1) is 23.9 Å². The summed E-state index contributed by atoms with van der Waals surface area (Å²) in [6.07, 6.45) is 0. The van der Waals surface area contributed by atoms with Gasteiger partial charge in [-0.3, -0.25) is 4.90 Å². The number of ether oxygens (including phenoxy) is 1. The van der Waals surface area contributed by atoms with Crippen LogP contribution in [0.5, 0.6) is 5.75 Å². The lowest BCUT2D eigenvalue weighted by Crippen LogP contribution is -2.46. The zero-order chi connectivity index (χ0) is 26.1. The predicted octanol–water partition coefficient (Wildman–Crippen LogP) is 6.59. The molecule has 5 rings (SSSR count). The van der Waals surface area contributed by atoms with E-state index in [1.165, 1.54) is 17.0 Å². The van der Waals surface area contributed by atoms with Crippen LogP contribution in [-0.2, 0) is 0 Å². The minimum atomic E-state index is -0.517. The first-order chi connectivity index (χ1) is 17.9. The zero-order valence-electron chi connectivity index (χ0n) is 21.1. The maximum absolute atomic E-state index is 13.6. The van der Waals surface area contributed by atoms with Crippen LogP contribution in [0.25, 0.3) is 17.0 Å². The first kappa shape index (κ1) is 24.2. The standard InChI is InChI=1S/C29H27FN4O3/c1-5-36-24-14-8-20(9-15-24)27-32-28(37-33-27)25-19(4)34(23-12-10-22(30)11-13-23)29(35)31-26(25)21-7-6-17(2)18(3)16-21/h6-16,26H,5H2,1-4H3,(H,31,35). The summed E-state index contributed by atoms with van der Waals surface area (Å²) in [6.45, 7) is 8.40. The molecule has 8 heteroatoms. The number of anilines is 1. The van der Waals surface area contributed by atoms with Gasteiger partial charge in [-0.2, -0.15) is 4.98 Å². The van der Waals surface area contributed by atoms with Crippen molar-refractivity contribution < 1.29 is 18.4 Å². The molecule has 37 heavy (non-hydrogen) atoms. The maximum Gasteiger partial charge on any atom is 0.326 e. The number of benzene rings is 3. The molecular weight excluding hydrogens is 471 g/mol. The van der Waals surface area contributed by atoms with Crippen molar-refractivity contribution in [2.75, 3.05) is 11.5 Å². The van der Waals surface area contributed by atoms with Gasteiger partial charge >= 0.3 is 6.03 Å². The highest BCUT2D eigenvalue weighted by Gasteiger charge is 2.36. The van der Waals surface area contributed by atoms with E-state index in [9.17, 15) is 9.18 Å². The number of aryl methyl sites for hydroxylation is 2. The summed E-state index contributed by atoms with van der Waals surface area (Å²) in [4.78, 5) is 19.5. The van der Waals surface area contributed by atoms with Gasteiger partial charge in [0.15, 0.2) is 0 Å². The fraction of sp³-hybridized carbons (Fsp3) is 0.207. The second-order valence-corrected chi connectivity index (χ2v) is 8.92. The Morgan fingerprint density at radius 1 is 1.00 bits per heavy atom. The van der Waals surface area contributed by atoms with E-state index in [4.69, 9.17) is 14.2 Å². The Kier molecular flexibility index (Phi) is 6.48. The first-order valence-electron chi connectivity index (χ1n) is 12.1. The van der Waals surface area contributed by atoms with Crippen LogP contribution < -0.4 is 15.0 Å². The molecule has 2 heterocycles. The Balaban J connectivity index is 1.61. The molecule has 1 unspecified atom stereocenters. The van der Waals surface area contributed by atoms with E-state index in [0.717, 1.165) is 28.0 Å². The number of hydrogen-bond acceptors (Lipinski definition) is 5. The van der Waals surface area contributed by atoms with Crippen LogP contribution in [0.4, 0.5) is 14.9 Å². The highest BCUT2D eigenvalue weighted by Crippen LogP contribution is 2.39. The monoisotopic (exact) mass is 498 g/mol. The summed E-state index contributed by atoms with van der Waals surface area (Å²) in [5.41, 5.74) is 5.72. The number of hydrogen-bond donors (Lipinski definition) is 1. The van der Waals surface area contributed by atoms with Crippen molar-refractivity contribution >= 4 is 17.3 Å². The minimum Gasteiger partial charge on any atom is -0.494 e. The van der Waals surface area contributed by atoms with Crippen LogP contribution in [0, 0.1) is 19.7 Å². The molecule has 0 saturated heterocycles. The van der Waals surface area contributed by atoms with Crippen LogP contribution in [0.3, 0.4) is 0 Å². The fourth-order valence-corrected chi connectivity index (χ4v) is 4.43. The minimum absolute atomic E-state index is 0.289. The van der Waals surface area contributed by atoms with Crippen LogP contribution in [0.2, 0.25) is 0 Å². The van der Waals surface area contributed by atoms with Crippen molar-refractivity contribution in [3.8, 4) is 17.1 Å². The van der Waals surface area contributed by atoms with Gasteiger partial charge in [0.2, 0.25) is 5.82 Å². The maximum atomic E-state index is 13.6. The summed E-state index contributed by atoms with van der Waals surface area (Å²) in [7, 11) is 0. The van der Waals surface area contributed by atoms with Crippen molar-refractivity contribution in [3.05, 3.63) is 101 Å². The van der Waals surface area contributed by atoms with E-state index in [1.807, 2.05) is 70.2 Å². The summed E-state index contributed by atoms with van der Waals surface area (Å²) in [5, 5.41) is 7.30. The Labute approximate surface area is 214 Å². The number of aromatic nitrogens is 2. The molecule has 7 nitrogen and oxygen atoms in total. The normalized spacial score (nSPS) is 15.6. The number of rotatable bonds is 6. The Morgan fingerprint density at radius 3 is 2.41 bits per heavy atom. The summed E-state index contributed by atoms with van der Waals surface area (Å²) in [6, 6.07) is 18.4. The molecule has 0 bridgehead atoms. The highest BCUT2D eigenvalue weighted by molar-refractivity contribution is 6.01. The Morgan fingerprint density at radius 2 is 1.73 bits per heavy atom. The molecular formula is C29H27FN4O3. The van der Waals surface area contributed by atoms with Crippen LogP contribution in [-0.4, -0.2) is 22.8 Å². The Hall–Kier alpha value is -4.46. The smallest absolute Gasteiger partial charge is 0.326 e. The summed E-state index contributed by atoms with van der Waals surface area (Å²) < 4.78 is 24.9. The molecule has 1 aliphatic rings. The van der Waals surface area contributed by atoms with Gasteiger partial charge in [-0.1, -0.05) is 23.4 Å². The zero-order valence-corrected chi connectivity index (χ0v) is 21.1. The molecule has 1 aliphatic heterocycles. The lowest BCUT2D eigenvalue weighted by molar-refractivity contribution is 0.244. The molecule has 3 aromatic carbocycles. The van der Waals surface area contributed by atoms with Crippen molar-refractivity contribution in [1.82, 2.24) is 15.5 Å². The van der Waals surface area contributed by atoms with Gasteiger partial charge in [-0.05, 0) is 92.9 Å². The first-order valence-corrected chi connectivity index (χ1v) is 12.1. The number of carbonyl (C=O) groups is 1. The van der Waals surface area contributed by atoms with E-state index in [2.05, 4.69) is 10.5 Å². The predicted molar refractivity (Wildman–Crippen MR) is 140 cm³/mol. The average Bonchev–Trinajstić information content (AvgIpc) is 3.37. The lowest BCUT2D eigenvalue weighted by atomic mass is 9.92. The number of carbonyl (C=O) groups excluding carboxylic acids is 1. The second-order valence-electron chi connectivity index (χ2n) is 8.92. The molecule has 2 amide bonds. The third kappa shape index (κ3) is 4.70. The van der Waals surface area contributed by atoms with Crippen molar-refractivity contribution in [2.24, 2.45) is 0 Å². The van der Waals surface area contributed by atoms with Gasteiger partial charge in [-0.25, -0.2) is 9.18 Å². The van der Waals surface area contributed by atoms with E-state index < -0.39 is 6.04 Å². The van der Waals surface area contributed by atoms with Crippen LogP contribution >= 0.6 is 0 Å². The molecule has 0 radical (unpaired) electrons. The van der Waals surface area contributed by atoms with Crippen LogP contribution in [0.1, 0.15) is 42.5 Å². The third-order valence-electron chi connectivity index (χ3n) is 6.51. The number of urea groups is 1. The number of nitrogens with zero attached hydrogens (tertiary/aromatic N) is 3. The van der Waals surface area contributed by atoms with Gasteiger partial charge in [0, 0.05) is 11.3 Å². The molecule has 0 aliphatic carbocycles. The van der Waals surface area contributed by atoms with E-state index >= 15 is 0 Å². The number of halogens is 1. The highest BCUT2D eigenvalue weighted by atomic mass is 19.1. The lowest BCUT2D eigenvalue weighted by Gasteiger charge is -2.35. The third-order valence-corrected chi connectivity index (χ3v) is 6.51. The molecule has 1 aromatic heterocycles. The quantitative estimate of drug-likeness (QED) is 0.324. The van der Waals surface area contributed by atoms with Crippen molar-refractivity contribution in [3.63, 3.8) is 0 Å². The molecule has 4 aromatic rings. The summed E-state index contributed by atoms with van der Waals surface area (Å²) in [5.74, 6) is 1.08. The molecule has 0 spiro atoms. The molecule has 188 valence electrons. The fourth-order valence-electron chi connectivity index (χ4n) is 4.43. The molecule has 1 N–H and O–H groups in total. The molecule has 0 saturated carbocycles. The van der Waals surface area contributed by atoms with Crippen molar-refractivity contribution in [2.45, 2.75) is 33.7 Å². The molecule has 1 atom stereocenters. The Bertz CT molecular complexity index is 1480. The SMILES string of the molecule is CCOc1ccc(-c2noc(C3=C(C)N(c4ccc(F)cc4)C(=O)NC3c3ccc(C)c(C)c3)n2)cc1. The summed E-state index contributed by atoms with van der Waals surface area (Å²) >= 11 is 0. The topological polar surface area (TPSA) is 80.5 Å². The second kappa shape index (κ2) is 9.89. The van der Waals surface area contributed by atoms with E-state index in [-0.39, 0.29) is 17.7 Å². The van der Waals surface area contributed by atoms with Crippen LogP contribution in [0.15, 0.2) is 77.0 Å². The number of amides is 2. The number of nitrogens with one attached hydrogen (secondary N) is 1. The van der Waals surface area contributed by atoms with Gasteiger partial charge in [-0.15, -0.1) is 0 Å². The largest absolute Gasteiger partial charge is 0.494 e. The van der Waals surface area contributed by atoms with E-state index in [1.54, 1.807) is 12.1 Å². The van der Waals surface area contributed by atoms with E-state index in [0.29, 0.717) is 29.4 Å². The molecule has 0 fully saturated rings. The van der Waals surface area contributed by atoms with Gasteiger partial charge in [0.25, 0.3) is 5.89 Å². The number of allylic oxidation sites excluding steroid dienone is 1. The van der Waals surface area contributed by atoms with Gasteiger partial charge in [0.1, 0.15) is 11.6 Å². The average molecular weight is 499 g/mol. The van der Waals surface area contributed by atoms with Crippen molar-refractivity contribution in [1.29, 1.82) is 0 Å². The van der Waals surface area contributed by atoms with Gasteiger partial charge < -0.3 is 14.6 Å².